The van der Waals surface area contributed by atoms with E-state index in [0.717, 1.165) is 5.56 Å². The number of benzene rings is 3. The summed E-state index contributed by atoms with van der Waals surface area (Å²) in [6, 6.07) is 19.1. The van der Waals surface area contributed by atoms with E-state index in [2.05, 4.69) is 9.71 Å². The monoisotopic (exact) mass is 419 g/mol. The second kappa shape index (κ2) is 7.42. The molecule has 7 heteroatoms. The molecule has 0 aliphatic heterocycles. The zero-order valence-electron chi connectivity index (χ0n) is 16.9. The van der Waals surface area contributed by atoms with Gasteiger partial charge in [-0.05, 0) is 62.7 Å². The van der Waals surface area contributed by atoms with Gasteiger partial charge in [0.1, 0.15) is 5.82 Å². The van der Waals surface area contributed by atoms with Crippen LogP contribution in [-0.4, -0.2) is 18.0 Å². The first kappa shape index (κ1) is 19.8. The van der Waals surface area contributed by atoms with Crippen LogP contribution in [0.15, 0.2) is 76.4 Å². The molecule has 0 bridgehead atoms. The van der Waals surface area contributed by atoms with Crippen molar-refractivity contribution in [2.45, 2.75) is 25.7 Å². The van der Waals surface area contributed by atoms with Crippen LogP contribution in [0, 0.1) is 20.8 Å². The Morgan fingerprint density at radius 2 is 1.67 bits per heavy atom. The minimum absolute atomic E-state index is 0.201. The average molecular weight is 420 g/mol. The second-order valence-electron chi connectivity index (χ2n) is 7.24. The summed E-state index contributed by atoms with van der Waals surface area (Å²) < 4.78 is 29.9. The van der Waals surface area contributed by atoms with Crippen LogP contribution in [0.2, 0.25) is 0 Å². The highest BCUT2D eigenvalue weighted by molar-refractivity contribution is 7.92. The lowest BCUT2D eigenvalue weighted by atomic mass is 10.2. The van der Waals surface area contributed by atoms with Crippen LogP contribution in [0.1, 0.15) is 17.0 Å². The zero-order valence-corrected chi connectivity index (χ0v) is 17.7. The summed E-state index contributed by atoms with van der Waals surface area (Å²) >= 11 is 0. The molecule has 0 saturated heterocycles. The fraction of sp³-hybridized carbons (Fsp3) is 0.130. The highest BCUT2D eigenvalue weighted by atomic mass is 32.2. The van der Waals surface area contributed by atoms with Gasteiger partial charge in [-0.2, -0.15) is 0 Å². The molecule has 30 heavy (non-hydrogen) atoms. The van der Waals surface area contributed by atoms with Gasteiger partial charge in [0, 0.05) is 0 Å². The summed E-state index contributed by atoms with van der Waals surface area (Å²) in [6.45, 7) is 5.43. The van der Waals surface area contributed by atoms with Crippen LogP contribution in [0.4, 0.5) is 5.69 Å². The third-order valence-electron chi connectivity index (χ3n) is 4.92. The predicted octanol–water partition coefficient (Wildman–Crippen LogP) is 4.11. The lowest BCUT2D eigenvalue weighted by molar-refractivity contribution is 0.600. The molecule has 0 unspecified atom stereocenters. The number of sulfonamides is 1. The highest BCUT2D eigenvalue weighted by Gasteiger charge is 2.18. The van der Waals surface area contributed by atoms with E-state index in [0.29, 0.717) is 33.7 Å². The second-order valence-corrected chi connectivity index (χ2v) is 8.89. The number of rotatable bonds is 4. The third kappa shape index (κ3) is 3.59. The first-order valence-corrected chi connectivity index (χ1v) is 10.9. The van der Waals surface area contributed by atoms with Gasteiger partial charge in [-0.1, -0.05) is 35.9 Å². The maximum Gasteiger partial charge on any atom is 0.265 e. The molecule has 1 heterocycles. The molecule has 0 atom stereocenters. The van der Waals surface area contributed by atoms with Gasteiger partial charge in [0.05, 0.1) is 27.2 Å². The number of hydrogen-bond acceptors (Lipinski definition) is 4. The van der Waals surface area contributed by atoms with Crippen molar-refractivity contribution in [1.29, 1.82) is 0 Å². The van der Waals surface area contributed by atoms with Gasteiger partial charge in [0.25, 0.3) is 15.6 Å². The third-order valence-corrected chi connectivity index (χ3v) is 6.46. The number of aryl methyl sites for hydroxylation is 3. The molecule has 0 radical (unpaired) electrons. The van der Waals surface area contributed by atoms with Gasteiger partial charge >= 0.3 is 0 Å². The minimum Gasteiger partial charge on any atom is -0.280 e. The molecule has 152 valence electrons. The van der Waals surface area contributed by atoms with Gasteiger partial charge < -0.3 is 0 Å². The number of nitrogens with one attached hydrogen (secondary N) is 1. The van der Waals surface area contributed by atoms with Crippen LogP contribution in [0.3, 0.4) is 0 Å². The molecule has 0 saturated carbocycles. The normalized spacial score (nSPS) is 11.6. The summed E-state index contributed by atoms with van der Waals surface area (Å²) in [5.41, 5.74) is 3.00. The quantitative estimate of drug-likeness (QED) is 0.540. The lowest BCUT2D eigenvalue weighted by Gasteiger charge is -2.14. The average Bonchev–Trinajstić information content (AvgIpc) is 2.67. The van der Waals surface area contributed by atoms with Crippen LogP contribution in [0.5, 0.6) is 0 Å². The molecule has 4 aromatic rings. The van der Waals surface area contributed by atoms with Crippen LogP contribution < -0.4 is 10.3 Å². The van der Waals surface area contributed by atoms with Crippen molar-refractivity contribution in [2.75, 3.05) is 4.72 Å². The molecule has 0 fully saturated rings. The van der Waals surface area contributed by atoms with Gasteiger partial charge in [-0.3, -0.25) is 14.1 Å². The maximum absolute atomic E-state index is 13.0. The summed E-state index contributed by atoms with van der Waals surface area (Å²) in [7, 11) is -3.77. The molecule has 1 N–H and O–H groups in total. The van der Waals surface area contributed by atoms with Crippen molar-refractivity contribution in [3.05, 3.63) is 94.0 Å². The maximum atomic E-state index is 13.0. The number of aromatic nitrogens is 2. The van der Waals surface area contributed by atoms with Crippen LogP contribution >= 0.6 is 0 Å². The van der Waals surface area contributed by atoms with Crippen molar-refractivity contribution in [1.82, 2.24) is 9.55 Å². The Morgan fingerprint density at radius 1 is 0.900 bits per heavy atom. The Kier molecular flexibility index (Phi) is 4.91. The van der Waals surface area contributed by atoms with E-state index in [4.69, 9.17) is 0 Å². The Hall–Kier alpha value is -3.45. The summed E-state index contributed by atoms with van der Waals surface area (Å²) in [6.07, 6.45) is 0. The number of para-hydroxylation sites is 1. The van der Waals surface area contributed by atoms with Gasteiger partial charge in [-0.15, -0.1) is 0 Å². The van der Waals surface area contributed by atoms with Crippen LogP contribution in [0.25, 0.3) is 16.6 Å². The molecule has 1 aromatic heterocycles. The Morgan fingerprint density at radius 3 is 2.43 bits per heavy atom. The zero-order chi connectivity index (χ0) is 21.5. The van der Waals surface area contributed by atoms with E-state index < -0.39 is 10.0 Å². The fourth-order valence-electron chi connectivity index (χ4n) is 3.57. The molecule has 6 nitrogen and oxygen atoms in total. The number of nitrogens with zero attached hydrogens (tertiary/aromatic N) is 2. The van der Waals surface area contributed by atoms with Crippen molar-refractivity contribution in [3.8, 4) is 5.69 Å². The number of hydrogen-bond donors (Lipinski definition) is 1. The van der Waals surface area contributed by atoms with Crippen molar-refractivity contribution >= 4 is 26.6 Å². The molecule has 0 spiro atoms. The Bertz CT molecular complexity index is 1440. The molecular formula is C23H21N3O3S. The highest BCUT2D eigenvalue weighted by Crippen LogP contribution is 2.22. The number of anilines is 1. The first-order valence-electron chi connectivity index (χ1n) is 9.45. The minimum atomic E-state index is -3.77. The topological polar surface area (TPSA) is 81.1 Å². The molecule has 0 amide bonds. The first-order chi connectivity index (χ1) is 14.3. The molecule has 0 aliphatic carbocycles. The molecular weight excluding hydrogens is 398 g/mol. The smallest absolute Gasteiger partial charge is 0.265 e. The SMILES string of the molecule is Cc1ccc(S(=O)(=O)Nc2cccc(-n3c(C)nc4ccccc4c3=O)c2)c(C)c1. The summed E-state index contributed by atoms with van der Waals surface area (Å²) in [4.78, 5) is 17.8. The van der Waals surface area contributed by atoms with Crippen molar-refractivity contribution in [2.24, 2.45) is 0 Å². The van der Waals surface area contributed by atoms with E-state index in [9.17, 15) is 13.2 Å². The largest absolute Gasteiger partial charge is 0.280 e. The van der Waals surface area contributed by atoms with E-state index >= 15 is 0 Å². The predicted molar refractivity (Wildman–Crippen MR) is 119 cm³/mol. The van der Waals surface area contributed by atoms with Crippen LogP contribution in [-0.2, 0) is 10.0 Å². The van der Waals surface area contributed by atoms with E-state index in [1.165, 1.54) is 4.57 Å². The van der Waals surface area contributed by atoms with Gasteiger partial charge in [-0.25, -0.2) is 13.4 Å². The molecule has 4 rings (SSSR count). The standard InChI is InChI=1S/C23H21N3O3S/c1-15-11-12-22(16(2)13-15)30(28,29)25-18-7-6-8-19(14-18)26-17(3)24-21-10-5-4-9-20(21)23(26)27/h4-14,25H,1-3H3. The van der Waals surface area contributed by atoms with Gasteiger partial charge in [0.2, 0.25) is 0 Å². The van der Waals surface area contributed by atoms with Crippen molar-refractivity contribution < 1.29 is 8.42 Å². The summed E-state index contributed by atoms with van der Waals surface area (Å²) in [5, 5.41) is 0.504. The number of fused-ring (bicyclic) bond motifs is 1. The summed E-state index contributed by atoms with van der Waals surface area (Å²) in [5.74, 6) is 0.521. The lowest BCUT2D eigenvalue weighted by Crippen LogP contribution is -2.22. The fourth-order valence-corrected chi connectivity index (χ4v) is 4.84. The van der Waals surface area contributed by atoms with Gasteiger partial charge in [0.15, 0.2) is 0 Å². The Labute approximate surface area is 174 Å². The van der Waals surface area contributed by atoms with E-state index in [1.54, 1.807) is 68.4 Å². The molecule has 0 aliphatic rings. The Balaban J connectivity index is 1.77. The van der Waals surface area contributed by atoms with Crippen molar-refractivity contribution in [3.63, 3.8) is 0 Å². The van der Waals surface area contributed by atoms with E-state index in [-0.39, 0.29) is 10.5 Å². The molecule has 3 aromatic carbocycles. The van der Waals surface area contributed by atoms with E-state index in [1.807, 2.05) is 19.1 Å².